The van der Waals surface area contributed by atoms with Crippen LogP contribution in [0.4, 0.5) is 0 Å². The minimum Gasteiger partial charge on any atom is -0.497 e. The van der Waals surface area contributed by atoms with E-state index >= 15 is 0 Å². The molecule has 0 aliphatic carbocycles. The summed E-state index contributed by atoms with van der Waals surface area (Å²) in [6.45, 7) is 0.473. The molecule has 2 aromatic rings. The maximum atomic E-state index is 12.8. The van der Waals surface area contributed by atoms with Gasteiger partial charge in [0.25, 0.3) is 5.56 Å². The van der Waals surface area contributed by atoms with Crippen molar-refractivity contribution in [2.45, 2.75) is 25.4 Å². The number of nitrogens with zero attached hydrogens (tertiary/aromatic N) is 2. The van der Waals surface area contributed by atoms with Crippen molar-refractivity contribution in [2.75, 3.05) is 20.8 Å². The number of hydrogen-bond acceptors (Lipinski definition) is 5. The number of aromatic nitrogens is 2. The molecule has 0 bridgehead atoms. The van der Waals surface area contributed by atoms with Crippen LogP contribution in [0, 0.1) is 0 Å². The molecule has 26 heavy (non-hydrogen) atoms. The van der Waals surface area contributed by atoms with Crippen molar-refractivity contribution in [3.05, 3.63) is 56.9 Å². The van der Waals surface area contributed by atoms with E-state index in [0.717, 1.165) is 18.4 Å². The van der Waals surface area contributed by atoms with Crippen LogP contribution in [0.25, 0.3) is 0 Å². The summed E-state index contributed by atoms with van der Waals surface area (Å²) in [6.07, 6.45) is 2.99. The molecule has 1 saturated heterocycles. The molecule has 3 rings (SSSR count). The van der Waals surface area contributed by atoms with Crippen molar-refractivity contribution >= 4 is 5.91 Å². The predicted octanol–water partition coefficient (Wildman–Crippen LogP) is 0.917. The molecule has 0 spiro atoms. The second-order valence-corrected chi connectivity index (χ2v) is 6.09. The van der Waals surface area contributed by atoms with E-state index < -0.39 is 11.2 Å². The lowest BCUT2D eigenvalue weighted by Crippen LogP contribution is -2.38. The highest BCUT2D eigenvalue weighted by Crippen LogP contribution is 2.38. The Morgan fingerprint density at radius 1 is 1.23 bits per heavy atom. The van der Waals surface area contributed by atoms with Crippen molar-refractivity contribution in [3.63, 3.8) is 0 Å². The van der Waals surface area contributed by atoms with Crippen molar-refractivity contribution < 1.29 is 14.3 Å². The molecule has 1 aliphatic rings. The Morgan fingerprint density at radius 2 is 2.04 bits per heavy atom. The average molecular weight is 359 g/mol. The molecule has 1 aromatic carbocycles. The summed E-state index contributed by atoms with van der Waals surface area (Å²) in [4.78, 5) is 39.7. The van der Waals surface area contributed by atoms with E-state index in [4.69, 9.17) is 9.47 Å². The monoisotopic (exact) mass is 359 g/mol. The molecule has 0 saturated carbocycles. The molecule has 1 N–H and O–H groups in total. The normalized spacial score (nSPS) is 16.5. The van der Waals surface area contributed by atoms with E-state index in [2.05, 4.69) is 4.98 Å². The molecular formula is C18H21N3O5. The molecule has 1 aromatic heterocycles. The molecule has 1 amide bonds. The minimum absolute atomic E-state index is 0.127. The molecule has 0 radical (unpaired) electrons. The Labute approximate surface area is 150 Å². The number of carbonyl (C=O) groups excluding carboxylic acids is 1. The first-order valence-corrected chi connectivity index (χ1v) is 8.34. The first kappa shape index (κ1) is 17.8. The van der Waals surface area contributed by atoms with Gasteiger partial charge in [0.05, 0.1) is 20.3 Å². The van der Waals surface area contributed by atoms with Crippen LogP contribution in [0.15, 0.2) is 40.1 Å². The number of ether oxygens (including phenoxy) is 2. The number of likely N-dealkylation sites (tertiary alicyclic amines) is 1. The lowest BCUT2D eigenvalue weighted by molar-refractivity contribution is -0.132. The van der Waals surface area contributed by atoms with Crippen molar-refractivity contribution in [1.82, 2.24) is 14.5 Å². The summed E-state index contributed by atoms with van der Waals surface area (Å²) in [5.74, 6) is 1.19. The molecular weight excluding hydrogens is 338 g/mol. The number of carbonyl (C=O) groups is 1. The van der Waals surface area contributed by atoms with Crippen LogP contribution in [-0.2, 0) is 11.3 Å². The molecule has 138 valence electrons. The number of benzene rings is 1. The number of H-pyrrole nitrogens is 1. The van der Waals surface area contributed by atoms with Crippen molar-refractivity contribution in [1.29, 1.82) is 0 Å². The highest BCUT2D eigenvalue weighted by Gasteiger charge is 2.32. The second-order valence-electron chi connectivity index (χ2n) is 6.09. The van der Waals surface area contributed by atoms with Crippen LogP contribution in [0.5, 0.6) is 11.5 Å². The summed E-state index contributed by atoms with van der Waals surface area (Å²) in [5.41, 5.74) is -0.203. The Balaban J connectivity index is 1.87. The summed E-state index contributed by atoms with van der Waals surface area (Å²) in [5, 5.41) is 0. The van der Waals surface area contributed by atoms with E-state index in [0.29, 0.717) is 18.0 Å². The van der Waals surface area contributed by atoms with Crippen LogP contribution >= 0.6 is 0 Å². The summed E-state index contributed by atoms with van der Waals surface area (Å²) < 4.78 is 11.9. The molecule has 1 aliphatic heterocycles. The van der Waals surface area contributed by atoms with E-state index in [1.165, 1.54) is 16.8 Å². The SMILES string of the molecule is COc1ccc(OC)c(C2CCCN2C(=O)Cn2ccc(=O)[nH]c2=O)c1. The molecule has 1 fully saturated rings. The second kappa shape index (κ2) is 7.47. The third-order valence-corrected chi connectivity index (χ3v) is 4.57. The maximum absolute atomic E-state index is 12.8. The van der Waals surface area contributed by atoms with E-state index in [-0.39, 0.29) is 18.5 Å². The molecule has 1 atom stereocenters. The van der Waals surface area contributed by atoms with E-state index in [1.807, 2.05) is 18.2 Å². The van der Waals surface area contributed by atoms with Gasteiger partial charge in [0.2, 0.25) is 5.91 Å². The highest BCUT2D eigenvalue weighted by atomic mass is 16.5. The van der Waals surface area contributed by atoms with Gasteiger partial charge in [-0.2, -0.15) is 0 Å². The number of rotatable bonds is 5. The Morgan fingerprint density at radius 3 is 2.73 bits per heavy atom. The zero-order chi connectivity index (χ0) is 18.7. The van der Waals surface area contributed by atoms with E-state index in [9.17, 15) is 14.4 Å². The number of aromatic amines is 1. The summed E-state index contributed by atoms with van der Waals surface area (Å²) >= 11 is 0. The summed E-state index contributed by atoms with van der Waals surface area (Å²) in [7, 11) is 3.18. The van der Waals surface area contributed by atoms with Gasteiger partial charge in [-0.3, -0.25) is 19.1 Å². The van der Waals surface area contributed by atoms with Crippen molar-refractivity contribution in [2.24, 2.45) is 0 Å². The van der Waals surface area contributed by atoms with Gasteiger partial charge in [-0.05, 0) is 31.0 Å². The average Bonchev–Trinajstić information content (AvgIpc) is 3.13. The van der Waals surface area contributed by atoms with Crippen LogP contribution in [0.1, 0.15) is 24.4 Å². The Bertz CT molecular complexity index is 918. The van der Waals surface area contributed by atoms with Gasteiger partial charge in [0.15, 0.2) is 0 Å². The number of amides is 1. The maximum Gasteiger partial charge on any atom is 0.328 e. The summed E-state index contributed by atoms with van der Waals surface area (Å²) in [6, 6.07) is 6.58. The predicted molar refractivity (Wildman–Crippen MR) is 94.6 cm³/mol. The first-order chi connectivity index (χ1) is 12.5. The Hall–Kier alpha value is -3.03. The van der Waals surface area contributed by atoms with Gasteiger partial charge < -0.3 is 14.4 Å². The lowest BCUT2D eigenvalue weighted by Gasteiger charge is -2.27. The van der Waals surface area contributed by atoms with Crippen LogP contribution in [-0.4, -0.2) is 41.1 Å². The van der Waals surface area contributed by atoms with Gasteiger partial charge in [0, 0.05) is 24.4 Å². The number of methoxy groups -OCH3 is 2. The van der Waals surface area contributed by atoms with Gasteiger partial charge >= 0.3 is 5.69 Å². The zero-order valence-corrected chi connectivity index (χ0v) is 14.7. The zero-order valence-electron chi connectivity index (χ0n) is 14.7. The van der Waals surface area contributed by atoms with Gasteiger partial charge in [0.1, 0.15) is 18.0 Å². The number of hydrogen-bond donors (Lipinski definition) is 1. The third kappa shape index (κ3) is 3.49. The largest absolute Gasteiger partial charge is 0.497 e. The fourth-order valence-corrected chi connectivity index (χ4v) is 3.29. The standard InChI is InChI=1S/C18H21N3O5/c1-25-12-5-6-15(26-2)13(10-12)14-4-3-8-21(14)17(23)11-20-9-7-16(22)19-18(20)24/h5-7,9-10,14H,3-4,8,11H2,1-2H3,(H,19,22,24). The van der Waals surface area contributed by atoms with Gasteiger partial charge in [-0.1, -0.05) is 0 Å². The molecule has 8 nitrogen and oxygen atoms in total. The quantitative estimate of drug-likeness (QED) is 0.857. The number of nitrogens with one attached hydrogen (secondary N) is 1. The topological polar surface area (TPSA) is 93.6 Å². The third-order valence-electron chi connectivity index (χ3n) is 4.57. The first-order valence-electron chi connectivity index (χ1n) is 8.34. The lowest BCUT2D eigenvalue weighted by atomic mass is 10.0. The van der Waals surface area contributed by atoms with Gasteiger partial charge in [-0.15, -0.1) is 0 Å². The fraction of sp³-hybridized carbons (Fsp3) is 0.389. The van der Waals surface area contributed by atoms with Gasteiger partial charge in [-0.25, -0.2) is 4.79 Å². The fourth-order valence-electron chi connectivity index (χ4n) is 3.29. The van der Waals surface area contributed by atoms with Crippen molar-refractivity contribution in [3.8, 4) is 11.5 Å². The minimum atomic E-state index is -0.597. The van der Waals surface area contributed by atoms with E-state index in [1.54, 1.807) is 19.1 Å². The molecule has 2 heterocycles. The highest BCUT2D eigenvalue weighted by molar-refractivity contribution is 5.77. The van der Waals surface area contributed by atoms with Crippen LogP contribution in [0.2, 0.25) is 0 Å². The molecule has 1 unspecified atom stereocenters. The Kier molecular flexibility index (Phi) is 5.11. The van der Waals surface area contributed by atoms with Crippen LogP contribution < -0.4 is 20.7 Å². The van der Waals surface area contributed by atoms with Crippen LogP contribution in [0.3, 0.4) is 0 Å². The molecule has 8 heteroatoms. The smallest absolute Gasteiger partial charge is 0.328 e.